The van der Waals surface area contributed by atoms with Gasteiger partial charge in [0.1, 0.15) is 19.0 Å². The van der Waals surface area contributed by atoms with Crippen molar-refractivity contribution in [1.29, 1.82) is 0 Å². The SMILES string of the molecule is O=[N+]([O-])C1=CC(=[N+]([O-])[O-])c2[nH]o[n+](=O)c2C1C1C(N2CCCCC2)=CC(=[N+]2CCCCC2)C=C1N1CCCCC1. The number of rotatable bonds is 4. The third-order valence-electron chi connectivity index (χ3n) is 8.97. The summed E-state index contributed by atoms with van der Waals surface area (Å²) in [7, 11) is 0. The molecule has 1 N–H and O–H groups in total. The molecule has 214 valence electrons. The third-order valence-corrected chi connectivity index (χ3v) is 8.97. The van der Waals surface area contributed by atoms with Crippen LogP contribution in [-0.2, 0) is 0 Å². The van der Waals surface area contributed by atoms with Crippen LogP contribution in [0.25, 0.3) is 0 Å². The number of aromatic amines is 1. The summed E-state index contributed by atoms with van der Waals surface area (Å²) in [5.41, 5.74) is 1.85. The van der Waals surface area contributed by atoms with Gasteiger partial charge in [-0.15, -0.1) is 0 Å². The van der Waals surface area contributed by atoms with Crippen molar-refractivity contribution in [3.05, 3.63) is 72.1 Å². The van der Waals surface area contributed by atoms with Gasteiger partial charge in [-0.1, -0.05) is 9.79 Å². The molecule has 5 aliphatic rings. The minimum atomic E-state index is -1.06. The Kier molecular flexibility index (Phi) is 7.20. The summed E-state index contributed by atoms with van der Waals surface area (Å²) in [5, 5.41) is 38.7. The molecule has 1 aromatic heterocycles. The average Bonchev–Trinajstić information content (AvgIpc) is 3.38. The van der Waals surface area contributed by atoms with Crippen molar-refractivity contribution in [2.45, 2.75) is 63.7 Å². The second-order valence-electron chi connectivity index (χ2n) is 11.3. The number of nitrogens with one attached hydrogen (secondary N) is 1. The molecule has 0 bridgehead atoms. The first-order valence-electron chi connectivity index (χ1n) is 14.5. The summed E-state index contributed by atoms with van der Waals surface area (Å²) in [6.07, 6.45) is 15.1. The van der Waals surface area contributed by atoms with E-state index in [2.05, 4.69) is 31.7 Å². The predicted octanol–water partition coefficient (Wildman–Crippen LogP) is 2.58. The van der Waals surface area contributed by atoms with E-state index >= 15 is 0 Å². The van der Waals surface area contributed by atoms with Crippen molar-refractivity contribution < 1.29 is 23.6 Å². The summed E-state index contributed by atoms with van der Waals surface area (Å²) in [5.74, 6) is -1.63. The van der Waals surface area contributed by atoms with Crippen LogP contribution in [0.3, 0.4) is 0 Å². The summed E-state index contributed by atoms with van der Waals surface area (Å²) in [6.45, 7) is 5.20. The van der Waals surface area contributed by atoms with Gasteiger partial charge in [0.05, 0.1) is 16.9 Å². The summed E-state index contributed by atoms with van der Waals surface area (Å²) in [4.78, 5) is 29.0. The number of fused-ring (bicyclic) bond motifs is 1. The topological polar surface area (TPSA) is 154 Å². The average molecular weight is 555 g/mol. The Morgan fingerprint density at radius 1 is 0.800 bits per heavy atom. The Balaban J connectivity index is 1.59. The highest BCUT2D eigenvalue weighted by Gasteiger charge is 2.54. The molecule has 3 aliphatic heterocycles. The van der Waals surface area contributed by atoms with Gasteiger partial charge in [0, 0.05) is 62.6 Å². The first kappa shape index (κ1) is 26.3. The molecule has 0 spiro atoms. The van der Waals surface area contributed by atoms with Gasteiger partial charge in [0.25, 0.3) is 22.8 Å². The lowest BCUT2D eigenvalue weighted by molar-refractivity contribution is -0.720. The van der Waals surface area contributed by atoms with Gasteiger partial charge in [-0.05, 0) is 49.9 Å². The molecule has 2 aliphatic carbocycles. The van der Waals surface area contributed by atoms with Crippen molar-refractivity contribution in [2.24, 2.45) is 5.92 Å². The number of nitrogens with zero attached hydrogens (tertiary/aromatic N) is 6. The lowest BCUT2D eigenvalue weighted by Crippen LogP contribution is -2.45. The van der Waals surface area contributed by atoms with Crippen molar-refractivity contribution >= 4 is 11.4 Å². The second-order valence-corrected chi connectivity index (χ2v) is 11.3. The standard InChI is InChI=1S/C27H36N7O6/c35-32(36)22-18-23(33(37)38)26-27(34(39)40-28-26)25(22)24-20(30-12-6-2-7-13-30)16-19(29-10-4-1-5-11-29)17-21(24)31-14-8-3-9-15-31/h16-18,24-25,28H,1-15H2/q+1. The largest absolute Gasteiger partial charge is 0.612 e. The summed E-state index contributed by atoms with van der Waals surface area (Å²) in [6, 6.07) is 0. The van der Waals surface area contributed by atoms with Crippen LogP contribution in [0.2, 0.25) is 0 Å². The molecule has 0 radical (unpaired) electrons. The Morgan fingerprint density at radius 2 is 1.35 bits per heavy atom. The fourth-order valence-electron chi connectivity index (χ4n) is 7.05. The molecule has 4 heterocycles. The Bertz CT molecular complexity index is 1340. The van der Waals surface area contributed by atoms with E-state index in [1.807, 2.05) is 0 Å². The molecule has 6 rings (SSSR count). The Morgan fingerprint density at radius 3 is 1.88 bits per heavy atom. The molecule has 3 saturated heterocycles. The van der Waals surface area contributed by atoms with Gasteiger partial charge >= 0.3 is 0 Å². The zero-order valence-corrected chi connectivity index (χ0v) is 22.6. The normalized spacial score (nSPS) is 25.7. The lowest BCUT2D eigenvalue weighted by Gasteiger charge is -2.43. The van der Waals surface area contributed by atoms with Crippen LogP contribution in [-0.4, -0.2) is 80.0 Å². The smallest absolute Gasteiger partial charge is 0.289 e. The molecule has 0 aromatic carbocycles. The van der Waals surface area contributed by atoms with Gasteiger partial charge in [0.2, 0.25) is 5.71 Å². The zero-order valence-electron chi connectivity index (χ0n) is 22.6. The van der Waals surface area contributed by atoms with Crippen LogP contribution >= 0.6 is 0 Å². The Hall–Kier alpha value is -3.90. The maximum atomic E-state index is 13.1. The van der Waals surface area contributed by atoms with Gasteiger partial charge in [0.15, 0.2) is 4.60 Å². The zero-order chi connectivity index (χ0) is 27.8. The number of nitro groups is 1. The number of aromatic nitrogens is 2. The van der Waals surface area contributed by atoms with Crippen molar-refractivity contribution in [2.75, 3.05) is 39.3 Å². The van der Waals surface area contributed by atoms with Crippen LogP contribution in [0.15, 0.2) is 39.9 Å². The van der Waals surface area contributed by atoms with Gasteiger partial charge in [-0.2, -0.15) is 4.90 Å². The quantitative estimate of drug-likeness (QED) is 0.258. The molecular formula is C27H36N7O6+. The van der Waals surface area contributed by atoms with Gasteiger partial charge < -0.3 is 20.2 Å². The first-order chi connectivity index (χ1) is 19.4. The van der Waals surface area contributed by atoms with Crippen molar-refractivity contribution in [3.63, 3.8) is 0 Å². The van der Waals surface area contributed by atoms with E-state index in [9.17, 15) is 25.4 Å². The van der Waals surface area contributed by atoms with Crippen LogP contribution in [0.4, 0.5) is 0 Å². The van der Waals surface area contributed by atoms with Crippen molar-refractivity contribution in [1.82, 2.24) is 15.0 Å². The van der Waals surface area contributed by atoms with E-state index in [-0.39, 0.29) is 21.7 Å². The predicted molar refractivity (Wildman–Crippen MR) is 145 cm³/mol. The molecule has 1 atom stereocenters. The maximum Gasteiger partial charge on any atom is 0.289 e. The molecule has 0 saturated carbocycles. The fraction of sp³-hybridized carbons (Fsp3) is 0.630. The minimum Gasteiger partial charge on any atom is -0.612 e. The highest BCUT2D eigenvalue weighted by atomic mass is 16.8. The molecule has 3 fully saturated rings. The third kappa shape index (κ3) is 4.71. The van der Waals surface area contributed by atoms with Crippen LogP contribution < -0.4 is 4.60 Å². The van der Waals surface area contributed by atoms with Crippen molar-refractivity contribution in [3.8, 4) is 0 Å². The highest BCUT2D eigenvalue weighted by Crippen LogP contribution is 2.47. The van der Waals surface area contributed by atoms with Gasteiger partial charge in [-0.25, -0.2) is 4.58 Å². The number of likely N-dealkylation sites (tertiary alicyclic amines) is 2. The number of allylic oxidation sites excluding steroid dienone is 4. The van der Waals surface area contributed by atoms with E-state index in [1.165, 1.54) is 6.42 Å². The number of piperidine rings is 3. The first-order valence-corrected chi connectivity index (χ1v) is 14.5. The molecule has 1 unspecified atom stereocenters. The molecule has 1 aromatic rings. The summed E-state index contributed by atoms with van der Waals surface area (Å²) >= 11 is 0. The monoisotopic (exact) mass is 554 g/mol. The molecule has 13 heteroatoms. The van der Waals surface area contributed by atoms with E-state index in [4.69, 9.17) is 4.63 Å². The maximum absolute atomic E-state index is 13.1. The lowest BCUT2D eigenvalue weighted by atomic mass is 9.74. The van der Waals surface area contributed by atoms with E-state index < -0.39 is 27.4 Å². The van der Waals surface area contributed by atoms with Gasteiger partial charge in [-0.3, -0.25) is 10.1 Å². The number of hydrogen-bond donors (Lipinski definition) is 1. The molecule has 13 nitrogen and oxygen atoms in total. The minimum absolute atomic E-state index is 0.113. The van der Waals surface area contributed by atoms with E-state index in [1.54, 1.807) is 0 Å². The Labute approximate surface area is 231 Å². The van der Waals surface area contributed by atoms with Crippen LogP contribution in [0.5, 0.6) is 0 Å². The van der Waals surface area contributed by atoms with Crippen LogP contribution in [0.1, 0.15) is 75.1 Å². The van der Waals surface area contributed by atoms with Crippen LogP contribution in [0, 0.1) is 31.4 Å². The molecular weight excluding hydrogens is 518 g/mol. The highest BCUT2D eigenvalue weighted by molar-refractivity contribution is 6.06. The molecule has 0 amide bonds. The van der Waals surface area contributed by atoms with E-state index in [0.717, 1.165) is 114 Å². The second kappa shape index (κ2) is 10.9. The number of hydrogen-bond acceptors (Lipinski definition) is 8. The summed E-state index contributed by atoms with van der Waals surface area (Å²) < 4.78 is 7.59. The van der Waals surface area contributed by atoms with E-state index in [0.29, 0.717) is 0 Å². The molecule has 40 heavy (non-hydrogen) atoms. The fourth-order valence-corrected chi connectivity index (χ4v) is 7.05. The number of H-pyrrole nitrogens is 1.